The molecular weight excluding hydrogens is 480 g/mol. The number of hydrogen-bond acceptors (Lipinski definition) is 7. The summed E-state index contributed by atoms with van der Waals surface area (Å²) in [6, 6.07) is 14.1. The van der Waals surface area contributed by atoms with E-state index in [2.05, 4.69) is 26.3 Å². The third-order valence-corrected chi connectivity index (χ3v) is 7.58. The number of pyridine rings is 2. The SMILES string of the molecule is O=C([C@H]1CCOC1)N1CCN(c2cncc(Nc3ccc(-c4ccc(N5CCCC5=O)cc4)cn3)c2)CC1. The van der Waals surface area contributed by atoms with Crippen molar-refractivity contribution < 1.29 is 14.3 Å². The molecule has 3 aliphatic heterocycles. The zero-order chi connectivity index (χ0) is 25.9. The van der Waals surface area contributed by atoms with E-state index < -0.39 is 0 Å². The standard InChI is InChI=1S/C29H32N6O3/c36-28-2-1-10-35(28)25-6-3-21(4-7-25)22-5-8-27(31-17-22)32-24-16-26(19-30-18-24)33-11-13-34(14-12-33)29(37)23-9-15-38-20-23/h3-8,16-19,23H,1-2,9-15,20H2,(H,31,32)/t23-/m0/s1. The summed E-state index contributed by atoms with van der Waals surface area (Å²) in [5.41, 5.74) is 4.91. The molecule has 3 aliphatic rings. The van der Waals surface area contributed by atoms with Gasteiger partial charge in [-0.3, -0.25) is 14.6 Å². The Hall–Kier alpha value is -3.98. The fourth-order valence-corrected chi connectivity index (χ4v) is 5.38. The van der Waals surface area contributed by atoms with Crippen molar-refractivity contribution >= 4 is 34.7 Å². The maximum Gasteiger partial charge on any atom is 0.228 e. The molecule has 196 valence electrons. The van der Waals surface area contributed by atoms with Gasteiger partial charge in [0.1, 0.15) is 5.82 Å². The predicted molar refractivity (Wildman–Crippen MR) is 146 cm³/mol. The van der Waals surface area contributed by atoms with Gasteiger partial charge in [-0.05, 0) is 48.7 Å². The summed E-state index contributed by atoms with van der Waals surface area (Å²) in [6.45, 7) is 5.02. The van der Waals surface area contributed by atoms with Crippen LogP contribution in [0.4, 0.5) is 22.9 Å². The second kappa shape index (κ2) is 10.8. The molecule has 3 aromatic rings. The van der Waals surface area contributed by atoms with Crippen molar-refractivity contribution in [3.63, 3.8) is 0 Å². The molecule has 0 aliphatic carbocycles. The lowest BCUT2D eigenvalue weighted by molar-refractivity contribution is -0.135. The highest BCUT2D eigenvalue weighted by Crippen LogP contribution is 2.27. The summed E-state index contributed by atoms with van der Waals surface area (Å²) in [5, 5.41) is 3.35. The number of amides is 2. The number of hydrogen-bond donors (Lipinski definition) is 1. The Labute approximate surface area is 222 Å². The molecule has 9 nitrogen and oxygen atoms in total. The molecule has 3 fully saturated rings. The maximum atomic E-state index is 12.7. The Kier molecular flexibility index (Phi) is 6.92. The minimum atomic E-state index is 0.0228. The highest BCUT2D eigenvalue weighted by atomic mass is 16.5. The average Bonchev–Trinajstić information content (AvgIpc) is 3.66. The second-order valence-electron chi connectivity index (χ2n) is 10.1. The van der Waals surface area contributed by atoms with Crippen LogP contribution < -0.4 is 15.1 Å². The van der Waals surface area contributed by atoms with Crippen LogP contribution in [0.25, 0.3) is 11.1 Å². The summed E-state index contributed by atoms with van der Waals surface area (Å²) in [6.07, 6.45) is 7.89. The lowest BCUT2D eigenvalue weighted by Crippen LogP contribution is -2.50. The molecule has 3 saturated heterocycles. The number of carbonyl (C=O) groups is 2. The van der Waals surface area contributed by atoms with Crippen molar-refractivity contribution in [2.24, 2.45) is 5.92 Å². The highest BCUT2D eigenvalue weighted by molar-refractivity contribution is 5.95. The summed E-state index contributed by atoms with van der Waals surface area (Å²) >= 11 is 0. The van der Waals surface area contributed by atoms with E-state index in [9.17, 15) is 9.59 Å². The minimum Gasteiger partial charge on any atom is -0.381 e. The molecule has 1 aromatic carbocycles. The third-order valence-electron chi connectivity index (χ3n) is 7.58. The lowest BCUT2D eigenvalue weighted by Gasteiger charge is -2.37. The lowest BCUT2D eigenvalue weighted by atomic mass is 10.1. The Balaban J connectivity index is 1.06. The van der Waals surface area contributed by atoms with Crippen LogP contribution in [-0.2, 0) is 14.3 Å². The van der Waals surface area contributed by atoms with Crippen LogP contribution in [0.15, 0.2) is 61.1 Å². The monoisotopic (exact) mass is 512 g/mol. The van der Waals surface area contributed by atoms with Crippen LogP contribution in [0.2, 0.25) is 0 Å². The number of ether oxygens (including phenoxy) is 1. The maximum absolute atomic E-state index is 12.7. The normalized spacial score (nSPS) is 19.7. The average molecular weight is 513 g/mol. The van der Waals surface area contributed by atoms with Crippen LogP contribution in [0.5, 0.6) is 0 Å². The number of nitrogens with one attached hydrogen (secondary N) is 1. The minimum absolute atomic E-state index is 0.0228. The second-order valence-corrected chi connectivity index (χ2v) is 10.1. The number of piperazine rings is 1. The van der Waals surface area contributed by atoms with E-state index in [4.69, 9.17) is 4.74 Å². The van der Waals surface area contributed by atoms with Gasteiger partial charge in [-0.2, -0.15) is 0 Å². The zero-order valence-electron chi connectivity index (χ0n) is 21.4. The van der Waals surface area contributed by atoms with Crippen molar-refractivity contribution in [2.75, 3.05) is 61.1 Å². The number of nitrogens with zero attached hydrogens (tertiary/aromatic N) is 5. The molecule has 0 radical (unpaired) electrons. The van der Waals surface area contributed by atoms with Gasteiger partial charge in [0.15, 0.2) is 0 Å². The van der Waals surface area contributed by atoms with Crippen molar-refractivity contribution in [3.05, 3.63) is 61.1 Å². The van der Waals surface area contributed by atoms with Crippen molar-refractivity contribution in [1.29, 1.82) is 0 Å². The number of rotatable bonds is 6. The van der Waals surface area contributed by atoms with Crippen LogP contribution in [0.3, 0.4) is 0 Å². The largest absolute Gasteiger partial charge is 0.381 e. The summed E-state index contributed by atoms with van der Waals surface area (Å²) in [4.78, 5) is 39.8. The van der Waals surface area contributed by atoms with Gasteiger partial charge in [-0.25, -0.2) is 4.98 Å². The fourth-order valence-electron chi connectivity index (χ4n) is 5.38. The Morgan fingerprint density at radius 3 is 2.42 bits per heavy atom. The fraction of sp³-hybridized carbons (Fsp3) is 0.379. The Bertz CT molecular complexity index is 1280. The first-order chi connectivity index (χ1) is 18.6. The zero-order valence-corrected chi connectivity index (χ0v) is 21.4. The number of aromatic nitrogens is 2. The third kappa shape index (κ3) is 5.19. The highest BCUT2D eigenvalue weighted by Gasteiger charge is 2.30. The first-order valence-electron chi connectivity index (χ1n) is 13.3. The summed E-state index contributed by atoms with van der Waals surface area (Å²) in [7, 11) is 0. The molecule has 6 rings (SSSR count). The number of anilines is 4. The van der Waals surface area contributed by atoms with E-state index in [-0.39, 0.29) is 17.7 Å². The smallest absolute Gasteiger partial charge is 0.228 e. The first-order valence-corrected chi connectivity index (χ1v) is 13.3. The van der Waals surface area contributed by atoms with Crippen LogP contribution in [-0.4, -0.2) is 72.6 Å². The molecule has 0 bridgehead atoms. The molecule has 1 N–H and O–H groups in total. The van der Waals surface area contributed by atoms with Gasteiger partial charge in [0.2, 0.25) is 11.8 Å². The van der Waals surface area contributed by atoms with Crippen molar-refractivity contribution in [3.8, 4) is 11.1 Å². The first kappa shape index (κ1) is 24.4. The van der Waals surface area contributed by atoms with E-state index >= 15 is 0 Å². The van der Waals surface area contributed by atoms with Gasteiger partial charge < -0.3 is 24.8 Å². The van der Waals surface area contributed by atoms with Gasteiger partial charge in [0, 0.05) is 63.2 Å². The molecular formula is C29H32N6O3. The van der Waals surface area contributed by atoms with E-state index in [0.29, 0.717) is 32.7 Å². The van der Waals surface area contributed by atoms with E-state index in [1.165, 1.54) is 0 Å². The van der Waals surface area contributed by atoms with E-state index in [1.54, 1.807) is 6.20 Å². The van der Waals surface area contributed by atoms with E-state index in [0.717, 1.165) is 66.5 Å². The molecule has 0 spiro atoms. The number of carbonyl (C=O) groups excluding carboxylic acids is 2. The quantitative estimate of drug-likeness (QED) is 0.539. The molecule has 0 unspecified atom stereocenters. The molecule has 9 heteroatoms. The van der Waals surface area contributed by atoms with Gasteiger partial charge >= 0.3 is 0 Å². The molecule has 1 atom stereocenters. The van der Waals surface area contributed by atoms with E-state index in [1.807, 2.05) is 58.6 Å². The topological polar surface area (TPSA) is 90.9 Å². The van der Waals surface area contributed by atoms with Crippen LogP contribution >= 0.6 is 0 Å². The molecule has 2 aromatic heterocycles. The van der Waals surface area contributed by atoms with Gasteiger partial charge in [0.25, 0.3) is 0 Å². The molecule has 0 saturated carbocycles. The van der Waals surface area contributed by atoms with Gasteiger partial charge in [0.05, 0.1) is 36.3 Å². The van der Waals surface area contributed by atoms with Crippen molar-refractivity contribution in [1.82, 2.24) is 14.9 Å². The van der Waals surface area contributed by atoms with Crippen LogP contribution in [0, 0.1) is 5.92 Å². The Morgan fingerprint density at radius 1 is 0.921 bits per heavy atom. The van der Waals surface area contributed by atoms with Gasteiger partial charge in [-0.1, -0.05) is 12.1 Å². The molecule has 5 heterocycles. The molecule has 38 heavy (non-hydrogen) atoms. The van der Waals surface area contributed by atoms with Gasteiger partial charge in [-0.15, -0.1) is 0 Å². The molecule has 2 amide bonds. The summed E-state index contributed by atoms with van der Waals surface area (Å²) in [5.74, 6) is 1.18. The number of benzene rings is 1. The van der Waals surface area contributed by atoms with Crippen molar-refractivity contribution in [2.45, 2.75) is 19.3 Å². The summed E-state index contributed by atoms with van der Waals surface area (Å²) < 4.78 is 5.39. The Morgan fingerprint density at radius 2 is 1.74 bits per heavy atom. The van der Waals surface area contributed by atoms with Crippen LogP contribution in [0.1, 0.15) is 19.3 Å². The predicted octanol–water partition coefficient (Wildman–Crippen LogP) is 3.70.